The van der Waals surface area contributed by atoms with E-state index in [4.69, 9.17) is 0 Å². The van der Waals surface area contributed by atoms with E-state index in [9.17, 15) is 0 Å². The summed E-state index contributed by atoms with van der Waals surface area (Å²) in [5.41, 5.74) is 4.42. The van der Waals surface area contributed by atoms with Gasteiger partial charge in [-0.15, -0.1) is 0 Å². The Morgan fingerprint density at radius 1 is 0.333 bits per heavy atom. The van der Waals surface area contributed by atoms with Gasteiger partial charge in [0.25, 0.3) is 0 Å². The van der Waals surface area contributed by atoms with Crippen molar-refractivity contribution < 1.29 is 4.48 Å². The molecule has 0 unspecified atom stereocenters. The van der Waals surface area contributed by atoms with Crippen molar-refractivity contribution in [3.8, 4) is 0 Å². The fraction of sp³-hybridized carbons (Fsp3) is 0.423. The summed E-state index contributed by atoms with van der Waals surface area (Å²) in [6, 6.07) is 47.8. The molecule has 0 amide bonds. The molecule has 6 aromatic carbocycles. The first-order chi connectivity index (χ1) is 26.6. The largest absolute Gasteiger partial charge is 0.324 e. The minimum Gasteiger partial charge on any atom is -0.324 e. The lowest BCUT2D eigenvalue weighted by Crippen LogP contribution is -2.67. The van der Waals surface area contributed by atoms with Crippen molar-refractivity contribution in [3.05, 3.63) is 127 Å². The molecule has 0 saturated carbocycles. The smallest absolute Gasteiger partial charge is 0.0837 e. The summed E-state index contributed by atoms with van der Waals surface area (Å²) in [6.45, 7) is 17.3. The molecule has 0 saturated heterocycles. The molecule has 0 bridgehead atoms. The summed E-state index contributed by atoms with van der Waals surface area (Å²) in [6.07, 6.45) is 15.9. The number of fused-ring (bicyclic) bond motifs is 3. The molecule has 6 rings (SSSR count). The van der Waals surface area contributed by atoms with Crippen molar-refractivity contribution in [3.63, 3.8) is 0 Å². The highest BCUT2D eigenvalue weighted by Crippen LogP contribution is 2.28. The third-order valence-electron chi connectivity index (χ3n) is 12.5. The van der Waals surface area contributed by atoms with E-state index in [-0.39, 0.29) is 0 Å². The molecule has 1 nitrogen and oxygen atoms in total. The van der Waals surface area contributed by atoms with Gasteiger partial charge in [-0.25, -0.2) is 0 Å². The first-order valence-corrected chi connectivity index (χ1v) is 22.0. The number of unbranched alkanes of at least 4 members (excludes halogenated alkanes) is 7. The average molecular weight is 720 g/mol. The Morgan fingerprint density at radius 2 is 0.648 bits per heavy atom. The van der Waals surface area contributed by atoms with E-state index in [1.807, 2.05) is 0 Å². The zero-order valence-electron chi connectivity index (χ0n) is 34.7. The Hall–Kier alpha value is -3.88. The standard InChI is InChI=1S/C36H34B.C16H36N/c1-2-3-4-11-27-37(34-24-12-18-28-15-5-8-21-31(28)34,35-25-13-19-29-16-6-9-22-32(29)35)36-26-14-20-30-17-7-10-23-33(30)36;1-5-9-13-17(14-10-6-2,15-11-7-3)16-12-8-4/h5-10,12-26H,2-4,11,27H2,1H3;5-16H2,1-4H3/q-1;+1. The van der Waals surface area contributed by atoms with Crippen molar-refractivity contribution in [2.24, 2.45) is 0 Å². The second kappa shape index (κ2) is 21.3. The fourth-order valence-electron chi connectivity index (χ4n) is 9.53. The average Bonchev–Trinajstić information content (AvgIpc) is 3.23. The van der Waals surface area contributed by atoms with E-state index in [0.29, 0.717) is 0 Å². The molecule has 54 heavy (non-hydrogen) atoms. The number of nitrogens with zero attached hydrogens (tertiary/aromatic N) is 1. The topological polar surface area (TPSA) is 0 Å². The Kier molecular flexibility index (Phi) is 16.3. The van der Waals surface area contributed by atoms with E-state index in [1.54, 1.807) is 0 Å². The summed E-state index contributed by atoms with van der Waals surface area (Å²) < 4.78 is 1.42. The van der Waals surface area contributed by atoms with E-state index in [2.05, 4.69) is 162 Å². The van der Waals surface area contributed by atoms with Crippen LogP contribution in [0.25, 0.3) is 32.3 Å². The second-order valence-corrected chi connectivity index (χ2v) is 16.3. The van der Waals surface area contributed by atoms with Crippen LogP contribution in [0.4, 0.5) is 0 Å². The third kappa shape index (κ3) is 9.86. The van der Waals surface area contributed by atoms with Gasteiger partial charge >= 0.3 is 0 Å². The number of hydrogen-bond donors (Lipinski definition) is 0. The minimum atomic E-state index is -1.26. The highest BCUT2D eigenvalue weighted by Gasteiger charge is 2.33. The Bertz CT molecular complexity index is 1750. The number of rotatable bonds is 20. The molecule has 0 N–H and O–H groups in total. The molecule has 2 heteroatoms. The minimum absolute atomic E-state index is 1.13. The van der Waals surface area contributed by atoms with Gasteiger partial charge in [0.1, 0.15) is 0 Å². The molecule has 0 radical (unpaired) electrons. The fourth-order valence-corrected chi connectivity index (χ4v) is 9.53. The molecular weight excluding hydrogens is 649 g/mol. The molecule has 0 aliphatic heterocycles. The predicted molar refractivity (Wildman–Crippen MR) is 245 cm³/mol. The van der Waals surface area contributed by atoms with Crippen LogP contribution in [0, 0.1) is 0 Å². The van der Waals surface area contributed by atoms with Gasteiger partial charge in [0.15, 0.2) is 0 Å². The van der Waals surface area contributed by atoms with Gasteiger partial charge in [0.05, 0.1) is 32.3 Å². The van der Waals surface area contributed by atoms with Crippen LogP contribution >= 0.6 is 0 Å². The highest BCUT2D eigenvalue weighted by atomic mass is 15.3. The lowest BCUT2D eigenvalue weighted by atomic mass is 9.13. The molecular formula is C52H70BN. The van der Waals surface area contributed by atoms with Crippen LogP contribution in [0.1, 0.15) is 112 Å². The second-order valence-electron chi connectivity index (χ2n) is 16.3. The van der Waals surface area contributed by atoms with E-state index >= 15 is 0 Å². The van der Waals surface area contributed by atoms with Crippen molar-refractivity contribution in [2.45, 2.75) is 118 Å². The summed E-state index contributed by atoms with van der Waals surface area (Å²) in [7, 11) is 0. The highest BCUT2D eigenvalue weighted by molar-refractivity contribution is 7.14. The van der Waals surface area contributed by atoms with Gasteiger partial charge in [-0.1, -0.05) is 230 Å². The SMILES string of the molecule is CCCCCC[B-](c1cccc2ccccc12)(c1cccc2ccccc12)c1cccc2ccccc12.CCCC[N+](CCCC)(CCCC)CCCC. The van der Waals surface area contributed by atoms with Crippen LogP contribution in [0.5, 0.6) is 0 Å². The van der Waals surface area contributed by atoms with Gasteiger partial charge in [0.2, 0.25) is 0 Å². The van der Waals surface area contributed by atoms with Crippen LogP contribution in [0.2, 0.25) is 6.32 Å². The van der Waals surface area contributed by atoms with Crippen molar-refractivity contribution >= 4 is 54.9 Å². The lowest BCUT2D eigenvalue weighted by Gasteiger charge is -2.45. The van der Waals surface area contributed by atoms with Gasteiger partial charge in [-0.05, 0) is 41.8 Å². The first-order valence-electron chi connectivity index (χ1n) is 22.0. The maximum absolute atomic E-state index is 2.42. The van der Waals surface area contributed by atoms with Crippen molar-refractivity contribution in [1.29, 1.82) is 0 Å². The summed E-state index contributed by atoms with van der Waals surface area (Å²) >= 11 is 0. The van der Waals surface area contributed by atoms with E-state index < -0.39 is 6.15 Å². The Balaban J connectivity index is 0.000000281. The van der Waals surface area contributed by atoms with Crippen LogP contribution in [0.3, 0.4) is 0 Å². The zero-order valence-corrected chi connectivity index (χ0v) is 34.7. The van der Waals surface area contributed by atoms with E-state index in [1.165, 1.54) is 156 Å². The Labute approximate surface area is 329 Å². The lowest BCUT2D eigenvalue weighted by molar-refractivity contribution is -0.929. The molecule has 0 atom stereocenters. The zero-order chi connectivity index (χ0) is 38.1. The molecule has 0 fully saturated rings. The maximum atomic E-state index is 2.42. The van der Waals surface area contributed by atoms with Crippen LogP contribution in [0.15, 0.2) is 127 Å². The van der Waals surface area contributed by atoms with Gasteiger partial charge in [-0.3, -0.25) is 0 Å². The molecule has 0 aromatic heterocycles. The van der Waals surface area contributed by atoms with Crippen LogP contribution < -0.4 is 16.4 Å². The summed E-state index contributed by atoms with van der Waals surface area (Å²) in [5, 5.41) is 8.09. The third-order valence-corrected chi connectivity index (χ3v) is 12.5. The van der Waals surface area contributed by atoms with Gasteiger partial charge in [-0.2, -0.15) is 22.7 Å². The normalized spacial score (nSPS) is 11.9. The molecule has 0 heterocycles. The molecule has 0 aliphatic carbocycles. The number of hydrogen-bond acceptors (Lipinski definition) is 0. The van der Waals surface area contributed by atoms with Crippen LogP contribution in [-0.4, -0.2) is 36.8 Å². The monoisotopic (exact) mass is 720 g/mol. The molecule has 286 valence electrons. The molecule has 0 aliphatic rings. The van der Waals surface area contributed by atoms with Crippen molar-refractivity contribution in [2.75, 3.05) is 26.2 Å². The molecule has 0 spiro atoms. The van der Waals surface area contributed by atoms with Crippen molar-refractivity contribution in [1.82, 2.24) is 0 Å². The first kappa shape index (κ1) is 41.3. The molecule has 6 aromatic rings. The van der Waals surface area contributed by atoms with Gasteiger partial charge < -0.3 is 4.48 Å². The van der Waals surface area contributed by atoms with Crippen LogP contribution in [-0.2, 0) is 0 Å². The quantitative estimate of drug-likeness (QED) is 0.0419. The maximum Gasteiger partial charge on any atom is 0.0837 e. The number of quaternary nitrogens is 1. The predicted octanol–water partition coefficient (Wildman–Crippen LogP) is 13.2. The van der Waals surface area contributed by atoms with E-state index in [0.717, 1.165) is 6.32 Å². The van der Waals surface area contributed by atoms with Gasteiger partial charge in [0, 0.05) is 0 Å². The summed E-state index contributed by atoms with van der Waals surface area (Å²) in [5.74, 6) is 0. The summed E-state index contributed by atoms with van der Waals surface area (Å²) in [4.78, 5) is 0. The number of benzene rings is 6. The Morgan fingerprint density at radius 3 is 0.981 bits per heavy atom.